The van der Waals surface area contributed by atoms with Gasteiger partial charge in [0.25, 0.3) is 11.5 Å². The van der Waals surface area contributed by atoms with Crippen LogP contribution in [-0.4, -0.2) is 15.7 Å². The van der Waals surface area contributed by atoms with Crippen molar-refractivity contribution in [1.82, 2.24) is 9.78 Å². The molecule has 3 aromatic rings. The molecule has 0 spiro atoms. The van der Waals surface area contributed by atoms with E-state index in [-0.39, 0.29) is 16.9 Å². The summed E-state index contributed by atoms with van der Waals surface area (Å²) in [7, 11) is 0. The van der Waals surface area contributed by atoms with Crippen LogP contribution >= 0.6 is 0 Å². The summed E-state index contributed by atoms with van der Waals surface area (Å²) in [4.78, 5) is 24.3. The zero-order valence-electron chi connectivity index (χ0n) is 12.9. The molecule has 0 aliphatic carbocycles. The van der Waals surface area contributed by atoms with Gasteiger partial charge in [-0.2, -0.15) is 9.78 Å². The van der Waals surface area contributed by atoms with Crippen LogP contribution in [0.4, 0.5) is 10.1 Å². The van der Waals surface area contributed by atoms with Gasteiger partial charge < -0.3 is 5.32 Å². The van der Waals surface area contributed by atoms with Crippen LogP contribution in [0.25, 0.3) is 5.69 Å². The molecular weight excluding hydrogens is 309 g/mol. The number of halogens is 1. The number of amides is 1. The van der Waals surface area contributed by atoms with Crippen molar-refractivity contribution in [3.63, 3.8) is 0 Å². The van der Waals surface area contributed by atoms with Crippen molar-refractivity contribution in [2.24, 2.45) is 0 Å². The first-order valence-corrected chi connectivity index (χ1v) is 7.28. The summed E-state index contributed by atoms with van der Waals surface area (Å²) in [6.07, 6.45) is 0. The minimum atomic E-state index is -0.593. The number of hydrogen-bond donors (Lipinski definition) is 1. The molecule has 5 nitrogen and oxygen atoms in total. The highest BCUT2D eigenvalue weighted by molar-refractivity contribution is 6.02. The third-order valence-electron chi connectivity index (χ3n) is 3.40. The zero-order chi connectivity index (χ0) is 17.1. The Morgan fingerprint density at radius 3 is 2.58 bits per heavy atom. The molecule has 0 bridgehead atoms. The molecule has 1 aromatic heterocycles. The predicted molar refractivity (Wildman–Crippen MR) is 88.9 cm³/mol. The monoisotopic (exact) mass is 323 g/mol. The summed E-state index contributed by atoms with van der Waals surface area (Å²) < 4.78 is 14.9. The predicted octanol–water partition coefficient (Wildman–Crippen LogP) is 2.93. The van der Waals surface area contributed by atoms with Gasteiger partial charge in [-0.15, -0.1) is 0 Å². The normalized spacial score (nSPS) is 10.4. The maximum atomic E-state index is 13.8. The van der Waals surface area contributed by atoms with Crippen LogP contribution in [0.15, 0.2) is 65.5 Å². The third-order valence-corrected chi connectivity index (χ3v) is 3.40. The second kappa shape index (κ2) is 6.45. The fraction of sp³-hybridized carbons (Fsp3) is 0.0556. The number of aryl methyl sites for hydroxylation is 1. The van der Waals surface area contributed by atoms with Crippen molar-refractivity contribution in [3.05, 3.63) is 88.1 Å². The first-order valence-electron chi connectivity index (χ1n) is 7.28. The van der Waals surface area contributed by atoms with Crippen LogP contribution in [0.5, 0.6) is 0 Å². The van der Waals surface area contributed by atoms with E-state index >= 15 is 0 Å². The number of carbonyl (C=O) groups is 1. The van der Waals surface area contributed by atoms with Crippen molar-refractivity contribution in [3.8, 4) is 5.69 Å². The Hall–Kier alpha value is -3.28. The zero-order valence-corrected chi connectivity index (χ0v) is 12.9. The van der Waals surface area contributed by atoms with Crippen molar-refractivity contribution < 1.29 is 9.18 Å². The Kier molecular flexibility index (Phi) is 4.20. The average molecular weight is 323 g/mol. The molecule has 1 N–H and O–H groups in total. The molecule has 0 aliphatic rings. The summed E-state index contributed by atoms with van der Waals surface area (Å²) in [5, 5.41) is 6.53. The van der Waals surface area contributed by atoms with Crippen LogP contribution in [-0.2, 0) is 0 Å². The largest absolute Gasteiger partial charge is 0.318 e. The molecule has 24 heavy (non-hydrogen) atoms. The molecule has 0 radical (unpaired) electrons. The minimum Gasteiger partial charge on any atom is -0.318 e. The maximum absolute atomic E-state index is 13.8. The summed E-state index contributed by atoms with van der Waals surface area (Å²) in [5.41, 5.74) is 1.07. The molecule has 0 saturated heterocycles. The molecule has 3 rings (SSSR count). The first kappa shape index (κ1) is 15.6. The molecular formula is C18H14FN3O2. The van der Waals surface area contributed by atoms with Gasteiger partial charge in [0, 0.05) is 6.07 Å². The molecule has 0 atom stereocenters. The number of benzene rings is 2. The van der Waals surface area contributed by atoms with E-state index < -0.39 is 11.7 Å². The fourth-order valence-corrected chi connectivity index (χ4v) is 2.21. The molecule has 2 aromatic carbocycles. The van der Waals surface area contributed by atoms with E-state index in [2.05, 4.69) is 10.4 Å². The third kappa shape index (κ3) is 3.22. The van der Waals surface area contributed by atoms with Crippen molar-refractivity contribution in [2.45, 2.75) is 6.92 Å². The second-order valence-corrected chi connectivity index (χ2v) is 5.24. The number of rotatable bonds is 3. The Morgan fingerprint density at radius 1 is 1.08 bits per heavy atom. The number of anilines is 1. The van der Waals surface area contributed by atoms with Gasteiger partial charge in [-0.25, -0.2) is 4.39 Å². The maximum Gasteiger partial charge on any atom is 0.276 e. The van der Waals surface area contributed by atoms with E-state index in [1.165, 1.54) is 24.3 Å². The standard InChI is InChI=1S/C18H14FN3O2/c1-12-7-8-14(19)16(11-12)20-18(24)15-9-10-17(23)22(21-15)13-5-3-2-4-6-13/h2-11H,1H3,(H,20,24). The molecule has 0 saturated carbocycles. The SMILES string of the molecule is Cc1ccc(F)c(NC(=O)c2ccc(=O)n(-c3ccccc3)n2)c1. The van der Waals surface area contributed by atoms with E-state index in [0.29, 0.717) is 5.69 Å². The highest BCUT2D eigenvalue weighted by Gasteiger charge is 2.13. The lowest BCUT2D eigenvalue weighted by molar-refractivity contribution is 0.102. The number of nitrogens with one attached hydrogen (secondary N) is 1. The summed E-state index contributed by atoms with van der Waals surface area (Å²) in [6.45, 7) is 1.79. The molecule has 0 unspecified atom stereocenters. The van der Waals surface area contributed by atoms with Gasteiger partial charge in [0.1, 0.15) is 11.5 Å². The fourth-order valence-electron chi connectivity index (χ4n) is 2.21. The summed E-state index contributed by atoms with van der Waals surface area (Å²) >= 11 is 0. The number of para-hydroxylation sites is 1. The Labute approximate surface area is 137 Å². The summed E-state index contributed by atoms with van der Waals surface area (Å²) in [6, 6.07) is 15.7. The van der Waals surface area contributed by atoms with Crippen LogP contribution in [0, 0.1) is 12.7 Å². The lowest BCUT2D eigenvalue weighted by atomic mass is 10.2. The van der Waals surface area contributed by atoms with Gasteiger partial charge >= 0.3 is 0 Å². The lowest BCUT2D eigenvalue weighted by Crippen LogP contribution is -2.25. The molecule has 1 heterocycles. The first-order chi connectivity index (χ1) is 11.5. The van der Waals surface area contributed by atoms with Gasteiger partial charge in [0.2, 0.25) is 0 Å². The van der Waals surface area contributed by atoms with Gasteiger partial charge in [-0.3, -0.25) is 9.59 Å². The molecule has 6 heteroatoms. The van der Waals surface area contributed by atoms with Crippen LogP contribution < -0.4 is 10.9 Å². The second-order valence-electron chi connectivity index (χ2n) is 5.24. The van der Waals surface area contributed by atoms with E-state index in [0.717, 1.165) is 10.2 Å². The Balaban J connectivity index is 1.94. The lowest BCUT2D eigenvalue weighted by Gasteiger charge is -2.09. The quantitative estimate of drug-likeness (QED) is 0.806. The number of carbonyl (C=O) groups excluding carboxylic acids is 1. The molecule has 120 valence electrons. The van der Waals surface area contributed by atoms with Gasteiger partial charge in [0.15, 0.2) is 0 Å². The van der Waals surface area contributed by atoms with E-state index in [4.69, 9.17) is 0 Å². The Bertz CT molecular complexity index is 952. The van der Waals surface area contributed by atoms with Gasteiger partial charge in [0.05, 0.1) is 11.4 Å². The molecule has 1 amide bonds. The molecule has 0 aliphatic heterocycles. The molecule has 0 fully saturated rings. The average Bonchev–Trinajstić information content (AvgIpc) is 2.59. The highest BCUT2D eigenvalue weighted by Crippen LogP contribution is 2.16. The number of nitrogens with zero attached hydrogens (tertiary/aromatic N) is 2. The van der Waals surface area contributed by atoms with E-state index in [9.17, 15) is 14.0 Å². The van der Waals surface area contributed by atoms with Crippen LogP contribution in [0.2, 0.25) is 0 Å². The van der Waals surface area contributed by atoms with Crippen molar-refractivity contribution in [2.75, 3.05) is 5.32 Å². The topological polar surface area (TPSA) is 64.0 Å². The number of aromatic nitrogens is 2. The van der Waals surface area contributed by atoms with E-state index in [1.807, 2.05) is 6.07 Å². The van der Waals surface area contributed by atoms with Crippen molar-refractivity contribution in [1.29, 1.82) is 0 Å². The van der Waals surface area contributed by atoms with Gasteiger partial charge in [-0.1, -0.05) is 24.3 Å². The smallest absolute Gasteiger partial charge is 0.276 e. The van der Waals surface area contributed by atoms with E-state index in [1.54, 1.807) is 37.3 Å². The van der Waals surface area contributed by atoms with Crippen LogP contribution in [0.1, 0.15) is 16.1 Å². The highest BCUT2D eigenvalue weighted by atomic mass is 19.1. The van der Waals surface area contributed by atoms with Gasteiger partial charge in [-0.05, 0) is 42.8 Å². The summed E-state index contributed by atoms with van der Waals surface area (Å²) in [5.74, 6) is -1.13. The number of hydrogen-bond acceptors (Lipinski definition) is 3. The van der Waals surface area contributed by atoms with Crippen molar-refractivity contribution >= 4 is 11.6 Å². The van der Waals surface area contributed by atoms with Crippen LogP contribution in [0.3, 0.4) is 0 Å². The minimum absolute atomic E-state index is 0.0133. The Morgan fingerprint density at radius 2 is 1.83 bits per heavy atom.